The number of anilines is 1. The normalized spacial score (nSPS) is 25.8. The fraction of sp³-hybridized carbons (Fsp3) is 0.650. The topological polar surface area (TPSA) is 32.8 Å². The molecule has 0 aliphatic carbocycles. The van der Waals surface area contributed by atoms with Crippen molar-refractivity contribution in [1.29, 1.82) is 0 Å². The highest BCUT2D eigenvalue weighted by atomic mass is 16.6. The van der Waals surface area contributed by atoms with Crippen LogP contribution in [0.2, 0.25) is 0 Å². The highest BCUT2D eigenvalue weighted by Crippen LogP contribution is 2.46. The zero-order valence-electron chi connectivity index (χ0n) is 15.0. The predicted molar refractivity (Wildman–Crippen MR) is 95.6 cm³/mol. The molecule has 4 heteroatoms. The molecule has 0 radical (unpaired) electrons. The fourth-order valence-electron chi connectivity index (χ4n) is 4.60. The average molecular weight is 328 g/mol. The number of carbonyl (C=O) groups is 1. The molecular formula is C20H28N2O2. The fourth-order valence-corrected chi connectivity index (χ4v) is 4.60. The number of fused-ring (bicyclic) bond motifs is 2. The average Bonchev–Trinajstić information content (AvgIpc) is 2.53. The number of hydrogen-bond acceptors (Lipinski definition) is 3. The van der Waals surface area contributed by atoms with Crippen molar-refractivity contribution >= 4 is 11.8 Å². The van der Waals surface area contributed by atoms with Gasteiger partial charge < -0.3 is 14.5 Å². The molecule has 3 aliphatic rings. The zero-order chi connectivity index (χ0) is 16.9. The van der Waals surface area contributed by atoms with Crippen LogP contribution in [0.3, 0.4) is 0 Å². The van der Waals surface area contributed by atoms with Gasteiger partial charge in [-0.3, -0.25) is 0 Å². The van der Waals surface area contributed by atoms with Gasteiger partial charge in [-0.05, 0) is 57.1 Å². The summed E-state index contributed by atoms with van der Waals surface area (Å²) in [4.78, 5) is 17.0. The molecule has 4 rings (SSSR count). The van der Waals surface area contributed by atoms with Crippen LogP contribution in [0.1, 0.15) is 50.7 Å². The number of carbonyl (C=O) groups excluding carboxylic acids is 1. The van der Waals surface area contributed by atoms with Crippen LogP contribution >= 0.6 is 0 Å². The third-order valence-corrected chi connectivity index (χ3v) is 5.60. The van der Waals surface area contributed by atoms with E-state index in [1.807, 2.05) is 25.7 Å². The van der Waals surface area contributed by atoms with Crippen molar-refractivity contribution in [3.8, 4) is 0 Å². The molecule has 2 atom stereocenters. The minimum atomic E-state index is -0.427. The molecule has 1 aromatic carbocycles. The maximum atomic E-state index is 12.5. The van der Waals surface area contributed by atoms with Crippen molar-refractivity contribution in [2.24, 2.45) is 5.92 Å². The Morgan fingerprint density at radius 1 is 1.21 bits per heavy atom. The molecule has 3 heterocycles. The van der Waals surface area contributed by atoms with Gasteiger partial charge in [0.2, 0.25) is 0 Å². The minimum Gasteiger partial charge on any atom is -0.444 e. The maximum Gasteiger partial charge on any atom is 0.410 e. The number of amides is 1. The molecule has 24 heavy (non-hydrogen) atoms. The molecule has 1 saturated heterocycles. The van der Waals surface area contributed by atoms with E-state index in [9.17, 15) is 4.79 Å². The van der Waals surface area contributed by atoms with Gasteiger partial charge in [-0.2, -0.15) is 0 Å². The first-order valence-electron chi connectivity index (χ1n) is 9.27. The Hall–Kier alpha value is -1.71. The summed E-state index contributed by atoms with van der Waals surface area (Å²) < 4.78 is 5.60. The summed E-state index contributed by atoms with van der Waals surface area (Å²) in [5.74, 6) is 1.11. The number of para-hydroxylation sites is 1. The number of aryl methyl sites for hydroxylation is 1. The second-order valence-electron chi connectivity index (χ2n) is 8.49. The molecular weight excluding hydrogens is 300 g/mol. The highest BCUT2D eigenvalue weighted by Gasteiger charge is 2.40. The quantitative estimate of drug-likeness (QED) is 0.726. The largest absolute Gasteiger partial charge is 0.444 e. The molecule has 4 nitrogen and oxygen atoms in total. The summed E-state index contributed by atoms with van der Waals surface area (Å²) in [6.45, 7) is 9.75. The lowest BCUT2D eigenvalue weighted by atomic mass is 9.75. The Balaban J connectivity index is 1.60. The number of nitrogens with zero attached hydrogens (tertiary/aromatic N) is 2. The Morgan fingerprint density at radius 3 is 2.83 bits per heavy atom. The van der Waals surface area contributed by atoms with Gasteiger partial charge >= 0.3 is 6.09 Å². The number of benzene rings is 1. The number of hydrogen-bond donors (Lipinski definition) is 0. The lowest BCUT2D eigenvalue weighted by molar-refractivity contribution is 0.0155. The van der Waals surface area contributed by atoms with Gasteiger partial charge in [0, 0.05) is 37.8 Å². The number of likely N-dealkylation sites (tertiary alicyclic amines) is 1. The van der Waals surface area contributed by atoms with Crippen LogP contribution in [0.4, 0.5) is 10.5 Å². The summed E-state index contributed by atoms with van der Waals surface area (Å²) in [5.41, 5.74) is 3.99. The van der Waals surface area contributed by atoms with E-state index in [0.717, 1.165) is 26.1 Å². The summed E-state index contributed by atoms with van der Waals surface area (Å²) in [6.07, 6.45) is 3.36. The molecule has 3 aliphatic heterocycles. The first-order valence-corrected chi connectivity index (χ1v) is 9.27. The molecule has 1 fully saturated rings. The van der Waals surface area contributed by atoms with Crippen LogP contribution in [0.25, 0.3) is 0 Å². The molecule has 1 amide bonds. The van der Waals surface area contributed by atoms with E-state index >= 15 is 0 Å². The van der Waals surface area contributed by atoms with Crippen LogP contribution < -0.4 is 4.90 Å². The third kappa shape index (κ3) is 2.76. The number of rotatable bonds is 0. The molecule has 0 aromatic heterocycles. The minimum absolute atomic E-state index is 0.159. The van der Waals surface area contributed by atoms with Gasteiger partial charge in [0.15, 0.2) is 0 Å². The van der Waals surface area contributed by atoms with Gasteiger partial charge in [0.25, 0.3) is 0 Å². The smallest absolute Gasteiger partial charge is 0.410 e. The zero-order valence-corrected chi connectivity index (χ0v) is 15.0. The molecule has 1 aromatic rings. The van der Waals surface area contributed by atoms with Gasteiger partial charge in [-0.25, -0.2) is 4.79 Å². The highest BCUT2D eigenvalue weighted by molar-refractivity contribution is 5.69. The van der Waals surface area contributed by atoms with E-state index in [-0.39, 0.29) is 6.09 Å². The van der Waals surface area contributed by atoms with Crippen LogP contribution in [-0.2, 0) is 11.2 Å². The number of piperidine rings is 1. The third-order valence-electron chi connectivity index (χ3n) is 5.60. The van der Waals surface area contributed by atoms with E-state index in [0.29, 0.717) is 11.8 Å². The summed E-state index contributed by atoms with van der Waals surface area (Å²) in [7, 11) is 0. The first-order chi connectivity index (χ1) is 11.4. The summed E-state index contributed by atoms with van der Waals surface area (Å²) >= 11 is 0. The van der Waals surface area contributed by atoms with Crippen molar-refractivity contribution in [3.63, 3.8) is 0 Å². The Morgan fingerprint density at radius 2 is 2.04 bits per heavy atom. The van der Waals surface area contributed by atoms with E-state index in [2.05, 4.69) is 23.1 Å². The Bertz CT molecular complexity index is 650. The molecule has 0 bridgehead atoms. The van der Waals surface area contributed by atoms with Crippen molar-refractivity contribution in [1.82, 2.24) is 4.90 Å². The molecule has 0 N–H and O–H groups in total. The molecule has 0 saturated carbocycles. The Labute approximate surface area is 144 Å². The summed E-state index contributed by atoms with van der Waals surface area (Å²) in [6, 6.07) is 6.76. The van der Waals surface area contributed by atoms with E-state index in [1.165, 1.54) is 36.2 Å². The van der Waals surface area contributed by atoms with Gasteiger partial charge in [0.05, 0.1) is 0 Å². The van der Waals surface area contributed by atoms with Crippen LogP contribution in [-0.4, -0.2) is 42.8 Å². The van der Waals surface area contributed by atoms with Gasteiger partial charge in [-0.15, -0.1) is 0 Å². The van der Waals surface area contributed by atoms with Crippen LogP contribution in [0.15, 0.2) is 18.2 Å². The molecule has 0 spiro atoms. The standard InChI is InChI=1S/C20H28N2O2/c1-20(2,3)24-19(23)22-11-9-15-12-21-10-5-7-14-6-4-8-16(18(14)21)17(15)13-22/h4,6,8,15,17H,5,7,9-13H2,1-3H3/t15-,17-/m1/s1. The second-order valence-corrected chi connectivity index (χ2v) is 8.49. The SMILES string of the molecule is CC(C)(C)OC(=O)N1CC[C@@H]2CN3CCCc4cccc(c43)[C@@H]2C1. The van der Waals surface area contributed by atoms with E-state index in [1.54, 1.807) is 0 Å². The second kappa shape index (κ2) is 5.68. The van der Waals surface area contributed by atoms with E-state index < -0.39 is 5.60 Å². The van der Waals surface area contributed by atoms with Gasteiger partial charge in [-0.1, -0.05) is 18.2 Å². The maximum absolute atomic E-state index is 12.5. The van der Waals surface area contributed by atoms with Crippen LogP contribution in [0.5, 0.6) is 0 Å². The van der Waals surface area contributed by atoms with Crippen molar-refractivity contribution in [2.75, 3.05) is 31.1 Å². The lowest BCUT2D eigenvalue weighted by Gasteiger charge is -2.48. The van der Waals surface area contributed by atoms with Gasteiger partial charge in [0.1, 0.15) is 5.60 Å². The van der Waals surface area contributed by atoms with Crippen molar-refractivity contribution in [3.05, 3.63) is 29.3 Å². The number of ether oxygens (including phenoxy) is 1. The molecule has 130 valence electrons. The lowest BCUT2D eigenvalue weighted by Crippen LogP contribution is -2.50. The van der Waals surface area contributed by atoms with Crippen LogP contribution in [0, 0.1) is 5.92 Å². The molecule has 0 unspecified atom stereocenters. The Kier molecular flexibility index (Phi) is 3.74. The summed E-state index contributed by atoms with van der Waals surface area (Å²) in [5, 5.41) is 0. The monoisotopic (exact) mass is 328 g/mol. The van der Waals surface area contributed by atoms with Crippen molar-refractivity contribution in [2.45, 2.75) is 51.6 Å². The first kappa shape index (κ1) is 15.8. The predicted octanol–water partition coefficient (Wildman–Crippen LogP) is 3.79. The van der Waals surface area contributed by atoms with Crippen molar-refractivity contribution < 1.29 is 9.53 Å². The van der Waals surface area contributed by atoms with E-state index in [4.69, 9.17) is 4.74 Å².